The van der Waals surface area contributed by atoms with Crippen molar-refractivity contribution in [3.8, 4) is 33.9 Å². The summed E-state index contributed by atoms with van der Waals surface area (Å²) in [6.07, 6.45) is 10.4. The number of aromatic carboxylic acids is 1. The molecule has 85 heavy (non-hydrogen) atoms. The number of nitrogens with one attached hydrogen (secondary N) is 5. The third-order valence-electron chi connectivity index (χ3n) is 15.7. The fourth-order valence-electron chi connectivity index (χ4n) is 11.6. The van der Waals surface area contributed by atoms with Crippen LogP contribution in [0.15, 0.2) is 128 Å². The lowest BCUT2D eigenvalue weighted by molar-refractivity contribution is 0.0686. The Labute approximate surface area is 492 Å². The molecule has 10 rings (SSSR count). The first-order valence-electron chi connectivity index (χ1n) is 28.1. The molecular formula is C64H66N6O13S2. The highest BCUT2D eigenvalue weighted by Gasteiger charge is 2.28. The average molecular weight is 1190 g/mol. The third-order valence-corrected chi connectivity index (χ3v) is 17.5. The van der Waals surface area contributed by atoms with Gasteiger partial charge in [-0.25, -0.2) is 19.4 Å². The molecule has 3 aliphatic carbocycles. The van der Waals surface area contributed by atoms with Crippen LogP contribution in [0.3, 0.4) is 0 Å². The van der Waals surface area contributed by atoms with Crippen LogP contribution >= 0.6 is 0 Å². The number of amides is 4. The van der Waals surface area contributed by atoms with Crippen molar-refractivity contribution in [1.29, 1.82) is 0 Å². The normalized spacial score (nSPS) is 14.5. The van der Waals surface area contributed by atoms with E-state index in [1.165, 1.54) is 42.8 Å². The number of anilines is 6. The van der Waals surface area contributed by atoms with Crippen molar-refractivity contribution in [3.05, 3.63) is 153 Å². The number of rotatable bonds is 15. The van der Waals surface area contributed by atoms with Gasteiger partial charge in [-0.3, -0.25) is 9.11 Å². The summed E-state index contributed by atoms with van der Waals surface area (Å²) in [6, 6.07) is 27.3. The summed E-state index contributed by atoms with van der Waals surface area (Å²) in [4.78, 5) is 43.2. The number of carbonyl (C=O) groups excluding carboxylic acids is 2. The molecule has 4 aliphatic rings. The van der Waals surface area contributed by atoms with Gasteiger partial charge in [0, 0.05) is 57.0 Å². The van der Waals surface area contributed by atoms with Gasteiger partial charge >= 0.3 is 18.0 Å². The number of aryl methyl sites for hydroxylation is 4. The molecule has 2 saturated carbocycles. The first-order valence-corrected chi connectivity index (χ1v) is 31.0. The highest BCUT2D eigenvalue weighted by molar-refractivity contribution is 7.86. The van der Waals surface area contributed by atoms with Crippen LogP contribution in [0, 0.1) is 41.5 Å². The molecule has 0 spiro atoms. The van der Waals surface area contributed by atoms with Gasteiger partial charge in [-0.15, -0.1) is 0 Å². The van der Waals surface area contributed by atoms with Crippen LogP contribution in [0.25, 0.3) is 33.4 Å². The van der Waals surface area contributed by atoms with Crippen molar-refractivity contribution in [1.82, 2.24) is 0 Å². The van der Waals surface area contributed by atoms with E-state index in [4.69, 9.17) is 18.9 Å². The molecule has 6 aromatic rings. The van der Waals surface area contributed by atoms with E-state index in [2.05, 4.69) is 26.6 Å². The summed E-state index contributed by atoms with van der Waals surface area (Å²) < 4.78 is 93.5. The number of benzene rings is 7. The van der Waals surface area contributed by atoms with Crippen molar-refractivity contribution >= 4 is 89.0 Å². The standard InChI is InChI=1S/C64H66N6O13S2/c1-35-29-37(3)60(69-63(73)66-41-21-25-46(26-22-41)81-44-15-9-7-10-16-44)39(5)58(35)65-43-23-27-47-53(32-43)83-54-34-51(56(85(78,79)80)33-49(54)57(47)48-19-13-14-20-55(48)84(75,76)77)68-59-36(2)30-38(4)61(40(59)6)70-64(74)67-42-24-28-52(50(31-42)62(71)72)82-45-17-11-8-12-18-45/h13-14,19-34,44-45,65H,7-12,15-18H2,1-6H3,(H,71,72)(H2,66,69,73)(H2,67,70,74)(H,75,76,77)(H,78,79,80)/b68-51-. The minimum absolute atomic E-state index is 0.00134. The number of hydrogen-bond acceptors (Lipinski definition) is 12. The summed E-state index contributed by atoms with van der Waals surface area (Å²) in [5.41, 5.74) is 7.20. The minimum atomic E-state index is -5.12. The Bertz CT molecular complexity index is 4230. The van der Waals surface area contributed by atoms with Crippen molar-refractivity contribution in [2.75, 3.05) is 26.6 Å². The maximum absolute atomic E-state index is 13.7. The number of carbonyl (C=O) groups is 3. The third kappa shape index (κ3) is 13.3. The molecular weight excluding hydrogens is 1120 g/mol. The second-order valence-electron chi connectivity index (χ2n) is 21.9. The molecule has 19 nitrogen and oxygen atoms in total. The quantitative estimate of drug-likeness (QED) is 0.0350. The predicted octanol–water partition coefficient (Wildman–Crippen LogP) is 14.9. The Hall–Kier alpha value is -8.76. The molecule has 0 aromatic heterocycles. The molecule has 0 unspecified atom stereocenters. The van der Waals surface area contributed by atoms with Gasteiger partial charge in [-0.1, -0.05) is 43.2 Å². The first-order chi connectivity index (χ1) is 40.5. The van der Waals surface area contributed by atoms with E-state index >= 15 is 0 Å². The number of carboxylic acid groups (broad SMARTS) is 1. The van der Waals surface area contributed by atoms with Crippen molar-refractivity contribution < 1.29 is 59.3 Å². The zero-order chi connectivity index (χ0) is 60.5. The lowest BCUT2D eigenvalue weighted by atomic mass is 9.93. The maximum Gasteiger partial charge on any atom is 0.339 e. The largest absolute Gasteiger partial charge is 0.490 e. The number of urea groups is 2. The number of fused-ring (bicyclic) bond motifs is 2. The van der Waals surface area contributed by atoms with E-state index in [1.807, 2.05) is 39.0 Å². The van der Waals surface area contributed by atoms with Crippen LogP contribution in [0.5, 0.6) is 11.5 Å². The fourth-order valence-corrected chi connectivity index (χ4v) is 13.0. The number of nitrogens with zero attached hydrogens (tertiary/aromatic N) is 1. The van der Waals surface area contributed by atoms with Crippen LogP contribution < -0.4 is 41.4 Å². The van der Waals surface area contributed by atoms with Gasteiger partial charge in [-0.2, -0.15) is 16.8 Å². The van der Waals surface area contributed by atoms with E-state index in [9.17, 15) is 45.4 Å². The number of ether oxygens (including phenoxy) is 2. The summed E-state index contributed by atoms with van der Waals surface area (Å²) >= 11 is 0. The zero-order valence-corrected chi connectivity index (χ0v) is 49.4. The molecule has 1 aliphatic heterocycles. The molecule has 0 atom stereocenters. The lowest BCUT2D eigenvalue weighted by Gasteiger charge is -2.24. The maximum atomic E-state index is 13.7. The van der Waals surface area contributed by atoms with E-state index in [1.54, 1.807) is 69.3 Å². The van der Waals surface area contributed by atoms with Crippen LogP contribution in [0.2, 0.25) is 0 Å². The molecule has 1 heterocycles. The SMILES string of the molecule is Cc1cc(C)c(NC(=O)Nc2ccc(OC3CCCCC3)c(C(=O)O)c2)c(C)c1/N=c1/cc2oc3cc(Nc4c(C)cc(C)c(NC(=O)Nc5ccc(OC6CCCCC6)cc5)c4C)ccc3c(-c3ccccc3S(=O)(=O)O)c-2cc1S(=O)(=O)O. The number of hydrogen-bond donors (Lipinski definition) is 8. The highest BCUT2D eigenvalue weighted by atomic mass is 32.2. The van der Waals surface area contributed by atoms with Crippen molar-refractivity contribution in [3.63, 3.8) is 0 Å². The fraction of sp³-hybridized carbons (Fsp3) is 0.281. The van der Waals surface area contributed by atoms with Crippen molar-refractivity contribution in [2.45, 2.75) is 128 Å². The second kappa shape index (κ2) is 24.4. The van der Waals surface area contributed by atoms with E-state index in [0.29, 0.717) is 56.1 Å². The smallest absolute Gasteiger partial charge is 0.339 e. The Morgan fingerprint density at radius 3 is 1.75 bits per heavy atom. The monoisotopic (exact) mass is 1190 g/mol. The Kier molecular flexibility index (Phi) is 17.1. The molecule has 442 valence electrons. The van der Waals surface area contributed by atoms with Gasteiger partial charge in [0.15, 0.2) is 0 Å². The van der Waals surface area contributed by atoms with Crippen LogP contribution in [0.4, 0.5) is 49.4 Å². The van der Waals surface area contributed by atoms with Gasteiger partial charge in [0.05, 0.1) is 34.6 Å². The summed E-state index contributed by atoms with van der Waals surface area (Å²) in [5.74, 6) is -0.272. The summed E-state index contributed by atoms with van der Waals surface area (Å²) in [5, 5.41) is 25.0. The van der Waals surface area contributed by atoms with E-state index in [-0.39, 0.29) is 68.3 Å². The molecule has 0 saturated heterocycles. The molecule has 8 N–H and O–H groups in total. The topological polar surface area (TPSA) is 284 Å². The first kappa shape index (κ1) is 59.4. The van der Waals surface area contributed by atoms with Crippen LogP contribution in [-0.4, -0.2) is 61.3 Å². The van der Waals surface area contributed by atoms with Gasteiger partial charge in [0.2, 0.25) is 0 Å². The summed E-state index contributed by atoms with van der Waals surface area (Å²) in [7, 11) is -10.0. The Balaban J connectivity index is 1.00. The zero-order valence-electron chi connectivity index (χ0n) is 47.8. The molecule has 21 heteroatoms. The van der Waals surface area contributed by atoms with Crippen molar-refractivity contribution in [2.24, 2.45) is 4.99 Å². The van der Waals surface area contributed by atoms with Gasteiger partial charge in [0.1, 0.15) is 38.2 Å². The highest BCUT2D eigenvalue weighted by Crippen LogP contribution is 2.45. The summed E-state index contributed by atoms with van der Waals surface area (Å²) in [6.45, 7) is 10.8. The lowest BCUT2D eigenvalue weighted by Crippen LogP contribution is -2.22. The van der Waals surface area contributed by atoms with Gasteiger partial charge in [-0.05, 0) is 193 Å². The minimum Gasteiger partial charge on any atom is -0.490 e. The van der Waals surface area contributed by atoms with Crippen LogP contribution in [0.1, 0.15) is 108 Å². The predicted molar refractivity (Wildman–Crippen MR) is 328 cm³/mol. The van der Waals surface area contributed by atoms with E-state index < -0.39 is 48.1 Å². The second-order valence-corrected chi connectivity index (χ2v) is 24.7. The molecule has 0 radical (unpaired) electrons. The molecule has 0 bridgehead atoms. The van der Waals surface area contributed by atoms with E-state index in [0.717, 1.165) is 80.7 Å². The Morgan fingerprint density at radius 2 is 1.12 bits per heavy atom. The Morgan fingerprint density at radius 1 is 0.553 bits per heavy atom. The average Bonchev–Trinajstić information content (AvgIpc) is 0.932. The van der Waals surface area contributed by atoms with Gasteiger partial charge < -0.3 is 45.6 Å². The van der Waals surface area contributed by atoms with Crippen LogP contribution in [-0.2, 0) is 20.2 Å². The molecule has 4 amide bonds. The molecule has 6 aromatic carbocycles. The number of carboxylic acids is 1. The van der Waals surface area contributed by atoms with Gasteiger partial charge in [0.25, 0.3) is 20.2 Å². The molecule has 2 fully saturated rings.